The average molecular weight is 507 g/mol. The molecule has 0 aliphatic carbocycles. The number of aromatic carboxylic acids is 1. The number of benzene rings is 1. The zero-order valence-electron chi connectivity index (χ0n) is 18.5. The molecule has 0 spiro atoms. The number of carboxylic acids is 2. The average Bonchev–Trinajstić information content (AvgIpc) is 2.76. The molecule has 1 aromatic heterocycles. The van der Waals surface area contributed by atoms with E-state index >= 15 is 0 Å². The van der Waals surface area contributed by atoms with Crippen LogP contribution in [-0.2, 0) is 14.8 Å². The van der Waals surface area contributed by atoms with Crippen molar-refractivity contribution < 1.29 is 46.1 Å². The van der Waals surface area contributed by atoms with E-state index in [1.165, 1.54) is 43.6 Å². The molecule has 0 aliphatic rings. The lowest BCUT2D eigenvalue weighted by Gasteiger charge is -2.20. The van der Waals surface area contributed by atoms with Crippen molar-refractivity contribution in [3.05, 3.63) is 42.1 Å². The molecule has 0 radical (unpaired) electrons. The number of carboxylic acid groups (broad SMARTS) is 2. The Morgan fingerprint density at radius 1 is 1.18 bits per heavy atom. The maximum absolute atomic E-state index is 12.5. The molecular formula is C20H24F3N3O7S. The van der Waals surface area contributed by atoms with E-state index in [1.807, 2.05) is 6.92 Å². The van der Waals surface area contributed by atoms with Crippen LogP contribution >= 0.6 is 0 Å². The Morgan fingerprint density at radius 2 is 1.74 bits per heavy atom. The lowest BCUT2D eigenvalue weighted by atomic mass is 10.2. The van der Waals surface area contributed by atoms with E-state index in [0.29, 0.717) is 18.1 Å². The summed E-state index contributed by atoms with van der Waals surface area (Å²) in [6.45, 7) is 2.69. The normalized spacial score (nSPS) is 11.1. The van der Waals surface area contributed by atoms with Crippen molar-refractivity contribution in [3.63, 3.8) is 0 Å². The van der Waals surface area contributed by atoms with Crippen molar-refractivity contribution in [1.29, 1.82) is 0 Å². The maximum atomic E-state index is 12.5. The van der Waals surface area contributed by atoms with Crippen LogP contribution in [0.2, 0.25) is 0 Å². The van der Waals surface area contributed by atoms with Gasteiger partial charge in [-0.3, -0.25) is 4.72 Å². The van der Waals surface area contributed by atoms with Crippen molar-refractivity contribution >= 4 is 33.5 Å². The number of unbranched alkanes of at least 4 members (excludes halogenated alkanes) is 1. The number of sulfonamides is 1. The number of pyridine rings is 1. The number of hydrogen-bond donors (Lipinski definition) is 3. The minimum atomic E-state index is -5.08. The summed E-state index contributed by atoms with van der Waals surface area (Å²) >= 11 is 0. The first-order valence-electron chi connectivity index (χ1n) is 9.64. The number of hydrogen-bond acceptors (Lipinski definition) is 7. The number of ether oxygens (including phenoxy) is 1. The summed E-state index contributed by atoms with van der Waals surface area (Å²) in [6.07, 6.45) is -1.92. The van der Waals surface area contributed by atoms with Crippen LogP contribution < -0.4 is 14.4 Å². The highest BCUT2D eigenvalue weighted by Gasteiger charge is 2.38. The fraction of sp³-hybridized carbons (Fsp3) is 0.350. The van der Waals surface area contributed by atoms with Crippen LogP contribution in [0, 0.1) is 0 Å². The molecular weight excluding hydrogens is 483 g/mol. The molecule has 10 nitrogen and oxygen atoms in total. The predicted molar refractivity (Wildman–Crippen MR) is 117 cm³/mol. The van der Waals surface area contributed by atoms with Crippen molar-refractivity contribution in [1.82, 2.24) is 4.98 Å². The number of nitrogens with zero attached hydrogens (tertiary/aromatic N) is 2. The van der Waals surface area contributed by atoms with Crippen molar-refractivity contribution in [2.75, 3.05) is 30.3 Å². The molecule has 0 atom stereocenters. The Labute approximate surface area is 194 Å². The van der Waals surface area contributed by atoms with E-state index in [2.05, 4.69) is 9.71 Å². The Morgan fingerprint density at radius 3 is 2.18 bits per heavy atom. The number of aliphatic carboxylic acids is 1. The number of anilines is 2. The Hall–Kier alpha value is -3.55. The quantitative estimate of drug-likeness (QED) is 0.464. The first kappa shape index (κ1) is 28.5. The van der Waals surface area contributed by atoms with E-state index in [0.717, 1.165) is 12.8 Å². The van der Waals surface area contributed by atoms with Gasteiger partial charge in [-0.25, -0.2) is 23.0 Å². The van der Waals surface area contributed by atoms with E-state index in [9.17, 15) is 31.5 Å². The van der Waals surface area contributed by atoms with Gasteiger partial charge in [0.15, 0.2) is 0 Å². The van der Waals surface area contributed by atoms with E-state index in [-0.39, 0.29) is 16.1 Å². The summed E-state index contributed by atoms with van der Waals surface area (Å²) < 4.78 is 64.1. The Balaban J connectivity index is 0.000000718. The molecule has 188 valence electrons. The van der Waals surface area contributed by atoms with Crippen LogP contribution in [0.5, 0.6) is 5.75 Å². The van der Waals surface area contributed by atoms with Crippen LogP contribution in [0.1, 0.15) is 30.1 Å². The molecule has 0 saturated carbocycles. The minimum absolute atomic E-state index is 0.0318. The van der Waals surface area contributed by atoms with Gasteiger partial charge in [-0.15, -0.1) is 0 Å². The van der Waals surface area contributed by atoms with Gasteiger partial charge < -0.3 is 19.8 Å². The highest BCUT2D eigenvalue weighted by Crippen LogP contribution is 2.24. The van der Waals surface area contributed by atoms with Gasteiger partial charge in [0.25, 0.3) is 10.0 Å². The Kier molecular flexibility index (Phi) is 10.1. The molecule has 2 aromatic rings. The molecule has 0 bridgehead atoms. The standard InChI is InChI=1S/C18H23N3O5S.C2HF3O2/c1-4-5-10-21(2)17-16(18(22)23)11-13(12-19-17)20-27(24,25)15-8-6-14(26-3)7-9-15;3-2(4,5)1(6)7/h6-9,11-12,20H,4-5,10H2,1-3H3,(H,22,23);(H,6,7). The number of methoxy groups -OCH3 is 1. The van der Waals surface area contributed by atoms with Gasteiger partial charge in [-0.05, 0) is 36.8 Å². The number of alkyl halides is 3. The van der Waals surface area contributed by atoms with Crippen LogP contribution in [0.25, 0.3) is 0 Å². The lowest BCUT2D eigenvalue weighted by molar-refractivity contribution is -0.192. The smallest absolute Gasteiger partial charge is 0.490 e. The molecule has 34 heavy (non-hydrogen) atoms. The van der Waals surface area contributed by atoms with Gasteiger partial charge in [-0.1, -0.05) is 13.3 Å². The van der Waals surface area contributed by atoms with Crippen molar-refractivity contribution in [2.24, 2.45) is 0 Å². The maximum Gasteiger partial charge on any atom is 0.490 e. The van der Waals surface area contributed by atoms with Gasteiger partial charge in [0.1, 0.15) is 17.1 Å². The first-order valence-corrected chi connectivity index (χ1v) is 11.1. The van der Waals surface area contributed by atoms with Crippen molar-refractivity contribution in [3.8, 4) is 5.75 Å². The minimum Gasteiger partial charge on any atom is -0.497 e. The summed E-state index contributed by atoms with van der Waals surface area (Å²) in [5.41, 5.74) is 0.0133. The number of halogens is 3. The number of carbonyl (C=O) groups is 2. The summed E-state index contributed by atoms with van der Waals surface area (Å²) in [4.78, 5) is 26.4. The predicted octanol–water partition coefficient (Wildman–Crippen LogP) is 3.46. The fourth-order valence-electron chi connectivity index (χ4n) is 2.45. The zero-order chi connectivity index (χ0) is 26.1. The topological polar surface area (TPSA) is 146 Å². The molecule has 3 N–H and O–H groups in total. The number of rotatable bonds is 9. The molecule has 0 fully saturated rings. The second-order valence-corrected chi connectivity index (χ2v) is 8.44. The zero-order valence-corrected chi connectivity index (χ0v) is 19.3. The van der Waals surface area contributed by atoms with Crippen LogP contribution in [0.3, 0.4) is 0 Å². The van der Waals surface area contributed by atoms with Crippen LogP contribution in [0.15, 0.2) is 41.4 Å². The van der Waals surface area contributed by atoms with E-state index in [1.54, 1.807) is 11.9 Å². The number of aromatic nitrogens is 1. The molecule has 1 heterocycles. The second-order valence-electron chi connectivity index (χ2n) is 6.76. The molecule has 14 heteroatoms. The SMILES string of the molecule is CCCCN(C)c1ncc(NS(=O)(=O)c2ccc(OC)cc2)cc1C(=O)O.O=C(O)C(F)(F)F. The Bertz CT molecular complexity index is 1090. The monoisotopic (exact) mass is 507 g/mol. The molecule has 0 saturated heterocycles. The molecule has 0 aliphatic heterocycles. The third kappa shape index (κ3) is 8.42. The molecule has 2 rings (SSSR count). The van der Waals surface area contributed by atoms with Gasteiger partial charge in [-0.2, -0.15) is 13.2 Å². The second kappa shape index (κ2) is 12.1. The lowest BCUT2D eigenvalue weighted by Crippen LogP contribution is -2.23. The largest absolute Gasteiger partial charge is 0.497 e. The molecule has 0 unspecified atom stereocenters. The van der Waals surface area contributed by atoms with Gasteiger partial charge in [0.05, 0.1) is 23.9 Å². The number of nitrogens with one attached hydrogen (secondary N) is 1. The summed E-state index contributed by atoms with van der Waals surface area (Å²) in [7, 11) is -0.638. The fourth-order valence-corrected chi connectivity index (χ4v) is 3.48. The van der Waals surface area contributed by atoms with Crippen LogP contribution in [-0.4, -0.2) is 62.4 Å². The summed E-state index contributed by atoms with van der Waals surface area (Å²) in [5.74, 6) is -3.11. The van der Waals surface area contributed by atoms with Crippen LogP contribution in [0.4, 0.5) is 24.7 Å². The summed E-state index contributed by atoms with van der Waals surface area (Å²) in [5, 5.41) is 16.6. The third-order valence-electron chi connectivity index (χ3n) is 4.17. The highest BCUT2D eigenvalue weighted by molar-refractivity contribution is 7.92. The van der Waals surface area contributed by atoms with E-state index in [4.69, 9.17) is 14.6 Å². The third-order valence-corrected chi connectivity index (χ3v) is 5.57. The summed E-state index contributed by atoms with van der Waals surface area (Å²) in [6, 6.07) is 7.13. The highest BCUT2D eigenvalue weighted by atomic mass is 32.2. The van der Waals surface area contributed by atoms with Gasteiger partial charge in [0.2, 0.25) is 0 Å². The van der Waals surface area contributed by atoms with Crippen molar-refractivity contribution in [2.45, 2.75) is 30.8 Å². The van der Waals surface area contributed by atoms with E-state index < -0.39 is 28.1 Å². The van der Waals surface area contributed by atoms with Gasteiger partial charge >= 0.3 is 18.1 Å². The first-order chi connectivity index (χ1) is 15.7. The van der Waals surface area contributed by atoms with Gasteiger partial charge in [0, 0.05) is 13.6 Å². The molecule has 1 aromatic carbocycles. The molecule has 0 amide bonds.